The topological polar surface area (TPSA) is 50.1 Å². The maximum Gasteiger partial charge on any atom is 0.127 e. The van der Waals surface area contributed by atoms with Crippen LogP contribution in [-0.2, 0) is 6.54 Å². The van der Waals surface area contributed by atoms with Gasteiger partial charge in [0.25, 0.3) is 0 Å². The van der Waals surface area contributed by atoms with Gasteiger partial charge >= 0.3 is 0 Å². The highest BCUT2D eigenvalue weighted by Crippen LogP contribution is 2.29. The van der Waals surface area contributed by atoms with Gasteiger partial charge in [0.05, 0.1) is 18.8 Å². The molecule has 0 radical (unpaired) electrons. The molecule has 1 saturated carbocycles. The molecule has 1 aliphatic rings. The number of aliphatic hydroxyl groups excluding tert-OH is 1. The van der Waals surface area contributed by atoms with Crippen molar-refractivity contribution in [3.05, 3.63) is 11.3 Å². The van der Waals surface area contributed by atoms with Crippen LogP contribution in [0.3, 0.4) is 0 Å². The smallest absolute Gasteiger partial charge is 0.127 e. The number of aromatic nitrogens is 2. The second-order valence-corrected chi connectivity index (χ2v) is 6.28. The predicted molar refractivity (Wildman–Crippen MR) is 83.1 cm³/mol. The Morgan fingerprint density at radius 2 is 2.05 bits per heavy atom. The van der Waals surface area contributed by atoms with Crippen LogP contribution in [0.1, 0.15) is 56.7 Å². The Bertz CT molecular complexity index is 422. The van der Waals surface area contributed by atoms with E-state index in [0.29, 0.717) is 12.6 Å². The second kappa shape index (κ2) is 7.11. The van der Waals surface area contributed by atoms with Crippen molar-refractivity contribution < 1.29 is 5.11 Å². The molecule has 1 fully saturated rings. The zero-order valence-corrected chi connectivity index (χ0v) is 13.2. The van der Waals surface area contributed by atoms with E-state index in [2.05, 4.69) is 24.3 Å². The first kappa shape index (κ1) is 15.4. The summed E-state index contributed by atoms with van der Waals surface area (Å²) in [5.74, 6) is 2.03. The maximum atomic E-state index is 9.14. The first-order chi connectivity index (χ1) is 9.61. The van der Waals surface area contributed by atoms with Crippen molar-refractivity contribution in [2.45, 2.75) is 71.9 Å². The van der Waals surface area contributed by atoms with Gasteiger partial charge in [0.2, 0.25) is 0 Å². The van der Waals surface area contributed by atoms with Crippen LogP contribution in [0.25, 0.3) is 0 Å². The van der Waals surface area contributed by atoms with Crippen molar-refractivity contribution in [3.63, 3.8) is 0 Å². The summed E-state index contributed by atoms with van der Waals surface area (Å²) in [6, 6.07) is 0.461. The Hall–Kier alpha value is -1.03. The van der Waals surface area contributed by atoms with Gasteiger partial charge in [0.15, 0.2) is 0 Å². The molecule has 0 aromatic carbocycles. The number of aliphatic hydroxyl groups is 1. The lowest BCUT2D eigenvalue weighted by Gasteiger charge is -2.19. The average Bonchev–Trinajstić information content (AvgIpc) is 3.02. The van der Waals surface area contributed by atoms with Gasteiger partial charge in [0.1, 0.15) is 5.82 Å². The summed E-state index contributed by atoms with van der Waals surface area (Å²) in [5, 5.41) is 17.2. The Morgan fingerprint density at radius 3 is 2.70 bits per heavy atom. The Labute approximate surface area is 122 Å². The van der Waals surface area contributed by atoms with Crippen LogP contribution in [-0.4, -0.2) is 27.5 Å². The average molecular weight is 279 g/mol. The third-order valence-corrected chi connectivity index (χ3v) is 4.60. The minimum Gasteiger partial charge on any atom is -0.394 e. The highest BCUT2D eigenvalue weighted by molar-refractivity contribution is 5.47. The molecule has 0 saturated heterocycles. The van der Waals surface area contributed by atoms with Gasteiger partial charge in [-0.05, 0) is 39.5 Å². The fourth-order valence-corrected chi connectivity index (χ4v) is 3.20. The van der Waals surface area contributed by atoms with Gasteiger partial charge in [-0.3, -0.25) is 0 Å². The summed E-state index contributed by atoms with van der Waals surface area (Å²) >= 11 is 0. The Balaban J connectivity index is 1.90. The molecule has 1 aromatic heterocycles. The standard InChI is InChI=1S/C16H29N3O/c1-12(8-9-15-6-4-5-7-15)17-16-13(2)14(3)18-19(16)10-11-20/h12,15,17,20H,4-11H2,1-3H3. The molecule has 0 spiro atoms. The van der Waals surface area contributed by atoms with E-state index >= 15 is 0 Å². The van der Waals surface area contributed by atoms with Crippen LogP contribution in [0.2, 0.25) is 0 Å². The third-order valence-electron chi connectivity index (χ3n) is 4.60. The molecule has 2 rings (SSSR count). The summed E-state index contributed by atoms with van der Waals surface area (Å²) in [5.41, 5.74) is 2.25. The van der Waals surface area contributed by atoms with Gasteiger partial charge in [-0.25, -0.2) is 4.68 Å². The van der Waals surface area contributed by atoms with E-state index in [1.807, 2.05) is 11.6 Å². The molecule has 0 amide bonds. The van der Waals surface area contributed by atoms with Crippen molar-refractivity contribution >= 4 is 5.82 Å². The van der Waals surface area contributed by atoms with Crippen molar-refractivity contribution in [3.8, 4) is 0 Å². The fourth-order valence-electron chi connectivity index (χ4n) is 3.20. The van der Waals surface area contributed by atoms with Crippen molar-refractivity contribution in [2.75, 3.05) is 11.9 Å². The monoisotopic (exact) mass is 279 g/mol. The highest BCUT2D eigenvalue weighted by Gasteiger charge is 2.17. The Kier molecular flexibility index (Phi) is 5.46. The number of hydrogen-bond acceptors (Lipinski definition) is 3. The second-order valence-electron chi connectivity index (χ2n) is 6.28. The van der Waals surface area contributed by atoms with Crippen LogP contribution >= 0.6 is 0 Å². The van der Waals surface area contributed by atoms with Crippen LogP contribution in [0.5, 0.6) is 0 Å². The van der Waals surface area contributed by atoms with Gasteiger partial charge in [0, 0.05) is 11.6 Å². The van der Waals surface area contributed by atoms with E-state index in [0.717, 1.165) is 17.4 Å². The van der Waals surface area contributed by atoms with Gasteiger partial charge in [-0.15, -0.1) is 0 Å². The van der Waals surface area contributed by atoms with Gasteiger partial charge in [-0.2, -0.15) is 5.10 Å². The van der Waals surface area contributed by atoms with Crippen molar-refractivity contribution in [1.82, 2.24) is 9.78 Å². The summed E-state index contributed by atoms with van der Waals surface area (Å²) in [6.45, 7) is 7.07. The number of anilines is 1. The number of nitrogens with one attached hydrogen (secondary N) is 1. The van der Waals surface area contributed by atoms with Gasteiger partial charge < -0.3 is 10.4 Å². The third kappa shape index (κ3) is 3.75. The zero-order valence-electron chi connectivity index (χ0n) is 13.2. The van der Waals surface area contributed by atoms with E-state index in [9.17, 15) is 0 Å². The van der Waals surface area contributed by atoms with E-state index in [4.69, 9.17) is 5.11 Å². The van der Waals surface area contributed by atoms with Crippen molar-refractivity contribution in [1.29, 1.82) is 0 Å². The van der Waals surface area contributed by atoms with Crippen LogP contribution in [0, 0.1) is 19.8 Å². The van der Waals surface area contributed by atoms with Crippen LogP contribution in [0.15, 0.2) is 0 Å². The van der Waals surface area contributed by atoms with Crippen molar-refractivity contribution in [2.24, 2.45) is 5.92 Å². The summed E-state index contributed by atoms with van der Waals surface area (Å²) in [4.78, 5) is 0. The van der Waals surface area contributed by atoms with E-state index < -0.39 is 0 Å². The Morgan fingerprint density at radius 1 is 1.35 bits per heavy atom. The molecular weight excluding hydrogens is 250 g/mol. The molecule has 20 heavy (non-hydrogen) atoms. The minimum atomic E-state index is 0.131. The zero-order chi connectivity index (χ0) is 14.5. The summed E-state index contributed by atoms with van der Waals surface area (Å²) in [7, 11) is 0. The molecule has 114 valence electrons. The molecule has 1 heterocycles. The SMILES string of the molecule is Cc1nn(CCO)c(NC(C)CCC2CCCC2)c1C. The predicted octanol–water partition coefficient (Wildman–Crippen LogP) is 3.26. The highest BCUT2D eigenvalue weighted by atomic mass is 16.3. The molecule has 0 bridgehead atoms. The number of rotatable bonds is 7. The number of hydrogen-bond donors (Lipinski definition) is 2. The molecular formula is C16H29N3O. The lowest BCUT2D eigenvalue weighted by molar-refractivity contribution is 0.270. The molecule has 4 heteroatoms. The van der Waals surface area contributed by atoms with E-state index in [-0.39, 0.29) is 6.61 Å². The molecule has 1 aromatic rings. The molecule has 0 aliphatic heterocycles. The normalized spacial score (nSPS) is 17.6. The van der Waals surface area contributed by atoms with Crippen LogP contribution in [0.4, 0.5) is 5.82 Å². The first-order valence-electron chi connectivity index (χ1n) is 8.03. The van der Waals surface area contributed by atoms with Crippen LogP contribution < -0.4 is 5.32 Å². The lowest BCUT2D eigenvalue weighted by atomic mass is 9.99. The summed E-state index contributed by atoms with van der Waals surface area (Å²) < 4.78 is 1.90. The minimum absolute atomic E-state index is 0.131. The fraction of sp³-hybridized carbons (Fsp3) is 0.812. The molecule has 2 N–H and O–H groups in total. The van der Waals surface area contributed by atoms with Gasteiger partial charge in [-0.1, -0.05) is 25.7 Å². The first-order valence-corrected chi connectivity index (χ1v) is 8.03. The van der Waals surface area contributed by atoms with E-state index in [1.54, 1.807) is 0 Å². The molecule has 1 aliphatic carbocycles. The van der Waals surface area contributed by atoms with E-state index in [1.165, 1.54) is 44.1 Å². The number of nitrogens with zero attached hydrogens (tertiary/aromatic N) is 2. The quantitative estimate of drug-likeness (QED) is 0.805. The molecule has 1 unspecified atom stereocenters. The lowest BCUT2D eigenvalue weighted by Crippen LogP contribution is -2.20. The number of aryl methyl sites for hydroxylation is 1. The maximum absolute atomic E-state index is 9.14. The molecule has 4 nitrogen and oxygen atoms in total. The molecule has 1 atom stereocenters. The largest absolute Gasteiger partial charge is 0.394 e. The summed E-state index contributed by atoms with van der Waals surface area (Å²) in [6.07, 6.45) is 8.25.